The number of nitrogens with zero attached hydrogens (tertiary/aromatic N) is 2. The van der Waals surface area contributed by atoms with Crippen molar-refractivity contribution in [2.24, 2.45) is 11.7 Å². The summed E-state index contributed by atoms with van der Waals surface area (Å²) in [6.45, 7) is 2.80. The molecule has 1 amide bonds. The van der Waals surface area contributed by atoms with Gasteiger partial charge in [-0.1, -0.05) is 12.1 Å². The summed E-state index contributed by atoms with van der Waals surface area (Å²) in [6.07, 6.45) is 0. The first-order valence-electron chi connectivity index (χ1n) is 6.60. The summed E-state index contributed by atoms with van der Waals surface area (Å²) < 4.78 is 26.9. The van der Waals surface area contributed by atoms with Crippen molar-refractivity contribution in [1.29, 1.82) is 0 Å². The highest BCUT2D eigenvalue weighted by Gasteiger charge is 2.25. The van der Waals surface area contributed by atoms with Gasteiger partial charge in [0, 0.05) is 38.3 Å². The van der Waals surface area contributed by atoms with Crippen LogP contribution in [0.1, 0.15) is 5.56 Å². The fourth-order valence-electron chi connectivity index (χ4n) is 2.48. The lowest BCUT2D eigenvalue weighted by Gasteiger charge is -2.22. The number of amides is 1. The minimum atomic E-state index is -0.846. The van der Waals surface area contributed by atoms with Gasteiger partial charge in [-0.2, -0.15) is 0 Å². The van der Waals surface area contributed by atoms with Crippen LogP contribution in [0.4, 0.5) is 8.78 Å². The fourth-order valence-corrected chi connectivity index (χ4v) is 2.48. The van der Waals surface area contributed by atoms with Crippen molar-refractivity contribution in [1.82, 2.24) is 9.80 Å². The number of carbonyl (C=O) groups is 1. The highest BCUT2D eigenvalue weighted by Crippen LogP contribution is 2.16. The van der Waals surface area contributed by atoms with Gasteiger partial charge in [-0.15, -0.1) is 0 Å². The molecule has 1 heterocycles. The number of benzene rings is 1. The second-order valence-electron chi connectivity index (χ2n) is 5.31. The zero-order chi connectivity index (χ0) is 14.7. The van der Waals surface area contributed by atoms with E-state index in [0.29, 0.717) is 25.2 Å². The average molecular weight is 283 g/mol. The normalized spacial score (nSPS) is 21.6. The molecule has 0 radical (unpaired) electrons. The first-order valence-corrected chi connectivity index (χ1v) is 6.60. The number of hydrogen-bond donors (Lipinski definition) is 1. The van der Waals surface area contributed by atoms with E-state index in [4.69, 9.17) is 5.73 Å². The zero-order valence-corrected chi connectivity index (χ0v) is 11.5. The van der Waals surface area contributed by atoms with Crippen molar-refractivity contribution >= 4 is 5.91 Å². The molecule has 2 rings (SSSR count). The van der Waals surface area contributed by atoms with Gasteiger partial charge in [0.05, 0.1) is 5.92 Å². The predicted octanol–water partition coefficient (Wildman–Crippen LogP) is 0.814. The maximum absolute atomic E-state index is 13.7. The molecule has 110 valence electrons. The van der Waals surface area contributed by atoms with Crippen molar-refractivity contribution in [3.05, 3.63) is 35.4 Å². The molecule has 6 heteroatoms. The van der Waals surface area contributed by atoms with Crippen LogP contribution in [-0.4, -0.2) is 48.9 Å². The molecular formula is C14H19F2N3O. The Labute approximate surface area is 117 Å². The maximum atomic E-state index is 13.7. The van der Waals surface area contributed by atoms with Gasteiger partial charge in [0.25, 0.3) is 0 Å². The van der Waals surface area contributed by atoms with Crippen LogP contribution in [0, 0.1) is 17.6 Å². The van der Waals surface area contributed by atoms with Crippen molar-refractivity contribution in [2.45, 2.75) is 6.54 Å². The number of carbonyl (C=O) groups excluding carboxylic acids is 1. The third-order valence-electron chi connectivity index (χ3n) is 3.64. The predicted molar refractivity (Wildman–Crippen MR) is 71.8 cm³/mol. The molecule has 0 saturated carbocycles. The smallest absolute Gasteiger partial charge is 0.223 e. The minimum Gasteiger partial charge on any atom is -0.369 e. The Kier molecular flexibility index (Phi) is 4.67. The molecule has 0 aromatic heterocycles. The van der Waals surface area contributed by atoms with Crippen LogP contribution in [0.15, 0.2) is 18.2 Å². The second-order valence-corrected chi connectivity index (χ2v) is 5.31. The summed E-state index contributed by atoms with van der Waals surface area (Å²) in [4.78, 5) is 15.4. The van der Waals surface area contributed by atoms with E-state index in [1.165, 1.54) is 6.07 Å². The highest BCUT2D eigenvalue weighted by molar-refractivity contribution is 5.77. The molecule has 0 spiro atoms. The summed E-state index contributed by atoms with van der Waals surface area (Å²) in [7, 11) is 1.92. The molecule has 0 aliphatic carbocycles. The van der Waals surface area contributed by atoms with Gasteiger partial charge in [-0.25, -0.2) is 8.78 Å². The van der Waals surface area contributed by atoms with E-state index in [1.54, 1.807) is 6.07 Å². The summed E-state index contributed by atoms with van der Waals surface area (Å²) in [6, 6.07) is 4.15. The highest BCUT2D eigenvalue weighted by atomic mass is 19.2. The Morgan fingerprint density at radius 1 is 1.35 bits per heavy atom. The monoisotopic (exact) mass is 283 g/mol. The largest absolute Gasteiger partial charge is 0.369 e. The lowest BCUT2D eigenvalue weighted by Crippen LogP contribution is -2.37. The summed E-state index contributed by atoms with van der Waals surface area (Å²) in [5.74, 6) is -2.32. The molecule has 4 nitrogen and oxygen atoms in total. The fraction of sp³-hybridized carbons (Fsp3) is 0.500. The average Bonchev–Trinajstić information content (AvgIpc) is 2.57. The van der Waals surface area contributed by atoms with E-state index in [-0.39, 0.29) is 18.4 Å². The number of likely N-dealkylation sites (N-methyl/N-ethyl adjacent to an activating group) is 1. The molecule has 1 saturated heterocycles. The van der Waals surface area contributed by atoms with Crippen LogP contribution in [0.25, 0.3) is 0 Å². The third-order valence-corrected chi connectivity index (χ3v) is 3.64. The number of halogens is 2. The molecular weight excluding hydrogens is 264 g/mol. The van der Waals surface area contributed by atoms with E-state index in [9.17, 15) is 13.6 Å². The van der Waals surface area contributed by atoms with Crippen molar-refractivity contribution in [3.8, 4) is 0 Å². The van der Waals surface area contributed by atoms with E-state index in [0.717, 1.165) is 12.6 Å². The van der Waals surface area contributed by atoms with E-state index in [2.05, 4.69) is 0 Å². The molecule has 1 aromatic rings. The van der Waals surface area contributed by atoms with Gasteiger partial charge < -0.3 is 10.6 Å². The molecule has 20 heavy (non-hydrogen) atoms. The summed E-state index contributed by atoms with van der Waals surface area (Å²) in [5.41, 5.74) is 5.69. The molecule has 2 N–H and O–H groups in total. The lowest BCUT2D eigenvalue weighted by atomic mass is 10.1. The molecule has 1 aliphatic rings. The number of primary amides is 1. The molecule has 1 atom stereocenters. The summed E-state index contributed by atoms with van der Waals surface area (Å²) in [5, 5.41) is 0. The van der Waals surface area contributed by atoms with Crippen LogP contribution in [0.3, 0.4) is 0 Å². The SMILES string of the molecule is CN1CCN(Cc2cccc(F)c2F)C[C@H](C(N)=O)C1. The van der Waals surface area contributed by atoms with Crippen LogP contribution < -0.4 is 5.73 Å². The molecule has 1 aromatic carbocycles. The standard InChI is InChI=1S/C14H19F2N3O/c1-18-5-6-19(9-11(7-18)14(17)20)8-10-3-2-4-12(15)13(10)16/h2-4,11H,5-9H2,1H3,(H2,17,20)/t11-/m1/s1. The Hall–Kier alpha value is -1.53. The van der Waals surface area contributed by atoms with Crippen LogP contribution >= 0.6 is 0 Å². The summed E-state index contributed by atoms with van der Waals surface area (Å²) >= 11 is 0. The Balaban J connectivity index is 2.11. The Morgan fingerprint density at radius 3 is 2.80 bits per heavy atom. The van der Waals surface area contributed by atoms with Crippen LogP contribution in [0.5, 0.6) is 0 Å². The number of nitrogens with two attached hydrogens (primary N) is 1. The Morgan fingerprint density at radius 2 is 2.10 bits per heavy atom. The van der Waals surface area contributed by atoms with Gasteiger partial charge >= 0.3 is 0 Å². The molecule has 1 fully saturated rings. The number of rotatable bonds is 3. The van der Waals surface area contributed by atoms with Crippen LogP contribution in [0.2, 0.25) is 0 Å². The quantitative estimate of drug-likeness (QED) is 0.893. The number of hydrogen-bond acceptors (Lipinski definition) is 3. The minimum absolute atomic E-state index is 0.279. The third kappa shape index (κ3) is 3.52. The Bertz CT molecular complexity index is 495. The van der Waals surface area contributed by atoms with E-state index >= 15 is 0 Å². The topological polar surface area (TPSA) is 49.6 Å². The molecule has 1 aliphatic heterocycles. The lowest BCUT2D eigenvalue weighted by molar-refractivity contribution is -0.122. The van der Waals surface area contributed by atoms with Crippen LogP contribution in [-0.2, 0) is 11.3 Å². The van der Waals surface area contributed by atoms with E-state index < -0.39 is 11.6 Å². The van der Waals surface area contributed by atoms with Gasteiger partial charge in [-0.3, -0.25) is 9.69 Å². The van der Waals surface area contributed by atoms with Crippen molar-refractivity contribution < 1.29 is 13.6 Å². The molecule has 0 unspecified atom stereocenters. The van der Waals surface area contributed by atoms with Gasteiger partial charge in [0.1, 0.15) is 0 Å². The first kappa shape index (κ1) is 14.9. The maximum Gasteiger partial charge on any atom is 0.223 e. The van der Waals surface area contributed by atoms with Gasteiger partial charge in [0.2, 0.25) is 5.91 Å². The van der Waals surface area contributed by atoms with E-state index in [1.807, 2.05) is 16.8 Å². The van der Waals surface area contributed by atoms with Crippen molar-refractivity contribution in [2.75, 3.05) is 33.2 Å². The van der Waals surface area contributed by atoms with Gasteiger partial charge in [-0.05, 0) is 13.1 Å². The first-order chi connectivity index (χ1) is 9.47. The zero-order valence-electron chi connectivity index (χ0n) is 11.5. The molecule has 0 bridgehead atoms. The van der Waals surface area contributed by atoms with Gasteiger partial charge in [0.15, 0.2) is 11.6 Å². The second kappa shape index (κ2) is 6.28. The van der Waals surface area contributed by atoms with Crippen molar-refractivity contribution in [3.63, 3.8) is 0 Å².